The highest BCUT2D eigenvalue weighted by molar-refractivity contribution is 7.98. The van der Waals surface area contributed by atoms with Crippen LogP contribution in [0.2, 0.25) is 5.02 Å². The lowest BCUT2D eigenvalue weighted by Crippen LogP contribution is -2.16. The maximum atomic E-state index is 13.0. The molecule has 5 rings (SSSR count). The van der Waals surface area contributed by atoms with Crippen LogP contribution in [-0.4, -0.2) is 21.5 Å². The predicted molar refractivity (Wildman–Crippen MR) is 128 cm³/mol. The van der Waals surface area contributed by atoms with Crippen LogP contribution < -0.4 is 5.32 Å². The van der Waals surface area contributed by atoms with E-state index >= 15 is 0 Å². The summed E-state index contributed by atoms with van der Waals surface area (Å²) in [6.07, 6.45) is 0. The van der Waals surface area contributed by atoms with Gasteiger partial charge in [-0.1, -0.05) is 54.1 Å². The van der Waals surface area contributed by atoms with Gasteiger partial charge in [0, 0.05) is 38.8 Å². The van der Waals surface area contributed by atoms with Gasteiger partial charge in [0.2, 0.25) is 0 Å². The lowest BCUT2D eigenvalue weighted by Gasteiger charge is -2.11. The third-order valence-electron chi connectivity index (χ3n) is 5.30. The van der Waals surface area contributed by atoms with Crippen LogP contribution >= 0.6 is 23.4 Å². The van der Waals surface area contributed by atoms with Crippen molar-refractivity contribution in [1.29, 1.82) is 0 Å². The van der Waals surface area contributed by atoms with Gasteiger partial charge in [-0.3, -0.25) is 9.59 Å². The summed E-state index contributed by atoms with van der Waals surface area (Å²) in [6, 6.07) is 23.1. The highest BCUT2D eigenvalue weighted by Gasteiger charge is 2.25. The number of thioether (sulfide) groups is 1. The zero-order valence-electron chi connectivity index (χ0n) is 16.9. The number of carbonyl (C=O) groups excluding carboxylic acids is 2. The van der Waals surface area contributed by atoms with Gasteiger partial charge in [-0.2, -0.15) is 16.9 Å². The molecule has 32 heavy (non-hydrogen) atoms. The molecule has 158 valence electrons. The number of rotatable bonds is 5. The molecule has 1 amide bonds. The van der Waals surface area contributed by atoms with Crippen LogP contribution in [-0.2, 0) is 11.5 Å². The van der Waals surface area contributed by atoms with E-state index in [0.717, 1.165) is 28.5 Å². The first-order chi connectivity index (χ1) is 15.6. The molecule has 0 saturated carbocycles. The van der Waals surface area contributed by atoms with Gasteiger partial charge >= 0.3 is 0 Å². The average molecular weight is 460 g/mol. The third kappa shape index (κ3) is 3.95. The number of hydrogen-bond donors (Lipinski definition) is 1. The number of fused-ring (bicyclic) bond motifs is 1. The fourth-order valence-corrected chi connectivity index (χ4v) is 4.78. The molecular formula is C25H18ClN3O2S. The van der Waals surface area contributed by atoms with E-state index in [9.17, 15) is 9.59 Å². The standard InChI is InChI=1S/C25H18ClN3O2S/c26-19-10-12-20(13-11-19)29-24(21-14-32-15-22(21)28-29)27-25(31)18-8-6-17(7-9-18)23(30)16-4-2-1-3-5-16/h1-13H,14-15H2,(H,27,31). The number of nitrogens with zero attached hydrogens (tertiary/aromatic N) is 2. The molecule has 2 heterocycles. The Balaban J connectivity index is 1.41. The molecule has 4 aromatic rings. The Labute approximate surface area is 194 Å². The van der Waals surface area contributed by atoms with Crippen molar-refractivity contribution in [3.63, 3.8) is 0 Å². The second-order valence-electron chi connectivity index (χ2n) is 7.38. The first-order valence-corrected chi connectivity index (χ1v) is 11.6. The molecule has 1 aliphatic heterocycles. The van der Waals surface area contributed by atoms with Crippen molar-refractivity contribution < 1.29 is 9.59 Å². The Morgan fingerprint density at radius 1 is 0.844 bits per heavy atom. The summed E-state index contributed by atoms with van der Waals surface area (Å²) >= 11 is 7.80. The quantitative estimate of drug-likeness (QED) is 0.385. The Morgan fingerprint density at radius 2 is 1.50 bits per heavy atom. The summed E-state index contributed by atoms with van der Waals surface area (Å²) in [7, 11) is 0. The molecule has 3 aromatic carbocycles. The number of ketones is 1. The van der Waals surface area contributed by atoms with Gasteiger partial charge in [-0.05, 0) is 36.4 Å². The Bertz CT molecular complexity index is 1300. The van der Waals surface area contributed by atoms with Gasteiger partial charge in [-0.25, -0.2) is 4.68 Å². The van der Waals surface area contributed by atoms with Crippen molar-refractivity contribution in [1.82, 2.24) is 9.78 Å². The minimum absolute atomic E-state index is 0.0757. The zero-order valence-corrected chi connectivity index (χ0v) is 18.5. The Kier molecular flexibility index (Phi) is 5.55. The molecular weight excluding hydrogens is 442 g/mol. The largest absolute Gasteiger partial charge is 0.306 e. The smallest absolute Gasteiger partial charge is 0.256 e. The first kappa shape index (κ1) is 20.5. The molecule has 0 saturated heterocycles. The van der Waals surface area contributed by atoms with Crippen LogP contribution in [0.3, 0.4) is 0 Å². The Morgan fingerprint density at radius 3 is 2.22 bits per heavy atom. The second kappa shape index (κ2) is 8.65. The number of nitrogens with one attached hydrogen (secondary N) is 1. The van der Waals surface area contributed by atoms with Crippen molar-refractivity contribution in [2.45, 2.75) is 11.5 Å². The molecule has 1 aromatic heterocycles. The third-order valence-corrected chi connectivity index (χ3v) is 6.52. The summed E-state index contributed by atoms with van der Waals surface area (Å²) < 4.78 is 1.76. The predicted octanol–water partition coefficient (Wildman–Crippen LogP) is 5.76. The Hall–Kier alpha value is -3.35. The van der Waals surface area contributed by atoms with Crippen LogP contribution in [0.1, 0.15) is 37.5 Å². The fraction of sp³-hybridized carbons (Fsp3) is 0.0800. The highest BCUT2D eigenvalue weighted by Crippen LogP contribution is 2.36. The zero-order chi connectivity index (χ0) is 22.1. The van der Waals surface area contributed by atoms with Crippen molar-refractivity contribution in [3.8, 4) is 5.69 Å². The van der Waals surface area contributed by atoms with E-state index in [1.807, 2.05) is 30.3 Å². The molecule has 0 unspecified atom stereocenters. The molecule has 0 spiro atoms. The maximum Gasteiger partial charge on any atom is 0.256 e. The van der Waals surface area contributed by atoms with Crippen molar-refractivity contribution in [2.75, 3.05) is 5.32 Å². The monoisotopic (exact) mass is 459 g/mol. The van der Waals surface area contributed by atoms with Crippen molar-refractivity contribution in [3.05, 3.63) is 112 Å². The average Bonchev–Trinajstić information content (AvgIpc) is 3.42. The first-order valence-electron chi connectivity index (χ1n) is 10.1. The van der Waals surface area contributed by atoms with Gasteiger partial charge in [0.05, 0.1) is 11.4 Å². The second-order valence-corrected chi connectivity index (χ2v) is 8.80. The summed E-state index contributed by atoms with van der Waals surface area (Å²) in [4.78, 5) is 25.6. The van der Waals surface area contributed by atoms with Crippen LogP contribution in [0.4, 0.5) is 5.82 Å². The van der Waals surface area contributed by atoms with Crippen molar-refractivity contribution >= 4 is 40.9 Å². The molecule has 0 radical (unpaired) electrons. The summed E-state index contributed by atoms with van der Waals surface area (Å²) in [5, 5.41) is 8.37. The van der Waals surface area contributed by atoms with Gasteiger partial charge in [-0.15, -0.1) is 0 Å². The molecule has 0 aliphatic carbocycles. The molecule has 7 heteroatoms. The van der Waals surface area contributed by atoms with Gasteiger partial charge in [0.1, 0.15) is 5.82 Å². The normalized spacial score (nSPS) is 12.4. The van der Waals surface area contributed by atoms with E-state index < -0.39 is 0 Å². The number of benzene rings is 3. The van der Waals surface area contributed by atoms with Crippen LogP contribution in [0.5, 0.6) is 0 Å². The number of anilines is 1. The van der Waals surface area contributed by atoms with Crippen LogP contribution in [0.25, 0.3) is 5.69 Å². The van der Waals surface area contributed by atoms with E-state index in [1.54, 1.807) is 65.0 Å². The summed E-state index contributed by atoms with van der Waals surface area (Å²) in [5.74, 6) is 1.95. The topological polar surface area (TPSA) is 64.0 Å². The number of hydrogen-bond acceptors (Lipinski definition) is 4. The molecule has 1 N–H and O–H groups in total. The van der Waals surface area contributed by atoms with E-state index in [2.05, 4.69) is 5.32 Å². The highest BCUT2D eigenvalue weighted by atomic mass is 35.5. The number of amides is 1. The van der Waals surface area contributed by atoms with E-state index in [4.69, 9.17) is 16.7 Å². The fourth-order valence-electron chi connectivity index (χ4n) is 3.62. The SMILES string of the molecule is O=C(Nc1c2c(nn1-c1ccc(Cl)cc1)CSC2)c1ccc(C(=O)c2ccccc2)cc1. The van der Waals surface area contributed by atoms with E-state index in [0.29, 0.717) is 27.5 Å². The molecule has 5 nitrogen and oxygen atoms in total. The summed E-state index contributed by atoms with van der Waals surface area (Å²) in [6.45, 7) is 0. The van der Waals surface area contributed by atoms with E-state index in [-0.39, 0.29) is 11.7 Å². The van der Waals surface area contributed by atoms with Crippen molar-refractivity contribution in [2.24, 2.45) is 0 Å². The van der Waals surface area contributed by atoms with Gasteiger partial charge < -0.3 is 5.32 Å². The van der Waals surface area contributed by atoms with Crippen LogP contribution in [0.15, 0.2) is 78.9 Å². The molecule has 1 aliphatic rings. The van der Waals surface area contributed by atoms with Crippen LogP contribution in [0, 0.1) is 0 Å². The number of halogens is 1. The van der Waals surface area contributed by atoms with E-state index in [1.165, 1.54) is 0 Å². The molecule has 0 atom stereocenters. The lowest BCUT2D eigenvalue weighted by molar-refractivity contribution is 0.101. The molecule has 0 bridgehead atoms. The minimum Gasteiger partial charge on any atom is -0.306 e. The lowest BCUT2D eigenvalue weighted by atomic mass is 10.0. The number of aromatic nitrogens is 2. The minimum atomic E-state index is -0.251. The maximum absolute atomic E-state index is 13.0. The number of carbonyl (C=O) groups is 2. The van der Waals surface area contributed by atoms with Gasteiger partial charge in [0.15, 0.2) is 5.78 Å². The molecule has 0 fully saturated rings. The van der Waals surface area contributed by atoms with Gasteiger partial charge in [0.25, 0.3) is 5.91 Å². The summed E-state index contributed by atoms with van der Waals surface area (Å²) in [5.41, 5.74) is 4.46.